The van der Waals surface area contributed by atoms with Gasteiger partial charge in [0.1, 0.15) is 6.04 Å². The Morgan fingerprint density at radius 3 is 2.60 bits per heavy atom. The fraction of sp³-hybridized carbons (Fsp3) is 0.462. The van der Waals surface area contributed by atoms with E-state index in [1.54, 1.807) is 0 Å². The van der Waals surface area contributed by atoms with Crippen molar-refractivity contribution in [3.63, 3.8) is 0 Å². The van der Waals surface area contributed by atoms with Crippen LogP contribution in [0.2, 0.25) is 0 Å². The summed E-state index contributed by atoms with van der Waals surface area (Å²) in [7, 11) is 0. The fourth-order valence-electron chi connectivity index (χ4n) is 2.33. The van der Waals surface area contributed by atoms with Crippen molar-refractivity contribution in [1.82, 2.24) is 4.90 Å². The molecule has 1 aliphatic heterocycles. The number of aliphatic carboxylic acids is 1. The van der Waals surface area contributed by atoms with Crippen molar-refractivity contribution in [2.45, 2.75) is 25.4 Å². The van der Waals surface area contributed by atoms with E-state index in [-0.39, 0.29) is 13.0 Å². The number of ether oxygens (including phenoxy) is 1. The normalized spacial score (nSPS) is 19.6. The second-order valence-corrected chi connectivity index (χ2v) is 4.59. The SMILES string of the molecule is O=C(O)C1Cc2ccccc2CN1CCOC(F)(F)F. The number of nitrogens with zero attached hydrogens (tertiary/aromatic N) is 1. The zero-order valence-corrected chi connectivity index (χ0v) is 10.6. The molecule has 0 amide bonds. The molecule has 1 atom stereocenters. The molecule has 7 heteroatoms. The van der Waals surface area contributed by atoms with E-state index in [0.717, 1.165) is 11.1 Å². The number of hydrogen-bond acceptors (Lipinski definition) is 3. The molecular formula is C13H14F3NO3. The largest absolute Gasteiger partial charge is 0.522 e. The summed E-state index contributed by atoms with van der Waals surface area (Å²) in [6.45, 7) is -0.339. The Kier molecular flexibility index (Phi) is 4.29. The van der Waals surface area contributed by atoms with Crippen molar-refractivity contribution in [3.8, 4) is 0 Å². The maximum atomic E-state index is 11.9. The third-order valence-corrected chi connectivity index (χ3v) is 3.28. The second-order valence-electron chi connectivity index (χ2n) is 4.59. The van der Waals surface area contributed by atoms with Gasteiger partial charge in [-0.25, -0.2) is 0 Å². The number of fused-ring (bicyclic) bond motifs is 1. The van der Waals surface area contributed by atoms with Crippen molar-refractivity contribution in [2.24, 2.45) is 0 Å². The lowest BCUT2D eigenvalue weighted by Gasteiger charge is -2.34. The minimum Gasteiger partial charge on any atom is -0.480 e. The molecule has 4 nitrogen and oxygen atoms in total. The van der Waals surface area contributed by atoms with Crippen LogP contribution in [0, 0.1) is 0 Å². The van der Waals surface area contributed by atoms with Gasteiger partial charge in [0.15, 0.2) is 0 Å². The molecule has 0 aromatic heterocycles. The number of carboxylic acid groups (broad SMARTS) is 1. The topological polar surface area (TPSA) is 49.8 Å². The van der Waals surface area contributed by atoms with E-state index in [9.17, 15) is 23.1 Å². The number of halogens is 3. The summed E-state index contributed by atoms with van der Waals surface area (Å²) >= 11 is 0. The number of rotatable bonds is 4. The molecule has 1 aromatic carbocycles. The van der Waals surface area contributed by atoms with Crippen LogP contribution in [0.1, 0.15) is 11.1 Å². The molecule has 0 radical (unpaired) electrons. The molecule has 110 valence electrons. The zero-order valence-electron chi connectivity index (χ0n) is 10.6. The van der Waals surface area contributed by atoms with Crippen LogP contribution < -0.4 is 0 Å². The van der Waals surface area contributed by atoms with E-state index < -0.39 is 25.0 Å². The van der Waals surface area contributed by atoms with Crippen LogP contribution >= 0.6 is 0 Å². The first-order chi connectivity index (χ1) is 9.37. The third-order valence-electron chi connectivity index (χ3n) is 3.28. The summed E-state index contributed by atoms with van der Waals surface area (Å²) in [6, 6.07) is 6.52. The highest BCUT2D eigenvalue weighted by Crippen LogP contribution is 2.24. The first kappa shape index (κ1) is 14.8. The van der Waals surface area contributed by atoms with Gasteiger partial charge in [-0.05, 0) is 17.5 Å². The lowest BCUT2D eigenvalue weighted by atomic mass is 9.94. The maximum Gasteiger partial charge on any atom is 0.522 e. The summed E-state index contributed by atoms with van der Waals surface area (Å²) in [4.78, 5) is 12.7. The quantitative estimate of drug-likeness (QED) is 0.921. The molecular weight excluding hydrogens is 275 g/mol. The van der Waals surface area contributed by atoms with Gasteiger partial charge in [0.2, 0.25) is 0 Å². The van der Waals surface area contributed by atoms with Gasteiger partial charge in [0.25, 0.3) is 0 Å². The standard InChI is InChI=1S/C13H14F3NO3/c14-13(15,16)20-6-5-17-8-10-4-2-1-3-9(10)7-11(17)12(18)19/h1-4,11H,5-8H2,(H,18,19). The number of benzene rings is 1. The summed E-state index contributed by atoms with van der Waals surface area (Å²) < 4.78 is 39.6. The van der Waals surface area contributed by atoms with Gasteiger partial charge in [-0.15, -0.1) is 13.2 Å². The van der Waals surface area contributed by atoms with Crippen LogP contribution in [0.5, 0.6) is 0 Å². The molecule has 1 aromatic rings. The molecule has 1 heterocycles. The van der Waals surface area contributed by atoms with E-state index in [1.165, 1.54) is 4.90 Å². The second kappa shape index (κ2) is 5.80. The highest BCUT2D eigenvalue weighted by molar-refractivity contribution is 5.74. The smallest absolute Gasteiger partial charge is 0.480 e. The van der Waals surface area contributed by atoms with Crippen LogP contribution in [0.25, 0.3) is 0 Å². The van der Waals surface area contributed by atoms with Crippen LogP contribution in [-0.4, -0.2) is 41.5 Å². The molecule has 1 unspecified atom stereocenters. The van der Waals surface area contributed by atoms with E-state index >= 15 is 0 Å². The van der Waals surface area contributed by atoms with Gasteiger partial charge < -0.3 is 5.11 Å². The Bertz CT molecular complexity index is 490. The molecule has 0 spiro atoms. The van der Waals surface area contributed by atoms with Crippen LogP contribution in [-0.2, 0) is 22.5 Å². The Morgan fingerprint density at radius 2 is 2.00 bits per heavy atom. The Hall–Kier alpha value is -1.60. The summed E-state index contributed by atoms with van der Waals surface area (Å²) in [5, 5.41) is 9.19. The Labute approximate surface area is 113 Å². The molecule has 0 aliphatic carbocycles. The summed E-state index contributed by atoms with van der Waals surface area (Å²) in [5.41, 5.74) is 1.87. The minimum atomic E-state index is -4.69. The van der Waals surface area contributed by atoms with E-state index in [4.69, 9.17) is 0 Å². The van der Waals surface area contributed by atoms with Crippen molar-refractivity contribution in [2.75, 3.05) is 13.2 Å². The lowest BCUT2D eigenvalue weighted by molar-refractivity contribution is -0.325. The van der Waals surface area contributed by atoms with Crippen molar-refractivity contribution in [1.29, 1.82) is 0 Å². The van der Waals surface area contributed by atoms with Gasteiger partial charge in [-0.2, -0.15) is 0 Å². The first-order valence-electron chi connectivity index (χ1n) is 6.11. The average Bonchev–Trinajstić information content (AvgIpc) is 2.36. The van der Waals surface area contributed by atoms with E-state index in [1.807, 2.05) is 24.3 Å². The summed E-state index contributed by atoms with van der Waals surface area (Å²) in [5.74, 6) is -1.04. The number of alkyl halides is 3. The summed E-state index contributed by atoms with van der Waals surface area (Å²) in [6.07, 6.45) is -4.40. The van der Waals surface area contributed by atoms with Crippen LogP contribution in [0.3, 0.4) is 0 Å². The van der Waals surface area contributed by atoms with Gasteiger partial charge in [-0.1, -0.05) is 24.3 Å². The van der Waals surface area contributed by atoms with Gasteiger partial charge >= 0.3 is 12.3 Å². The van der Waals surface area contributed by atoms with Crippen molar-refractivity contribution in [3.05, 3.63) is 35.4 Å². The van der Waals surface area contributed by atoms with Crippen LogP contribution in [0.4, 0.5) is 13.2 Å². The molecule has 1 aliphatic rings. The number of hydrogen-bond donors (Lipinski definition) is 1. The highest BCUT2D eigenvalue weighted by Gasteiger charge is 2.33. The zero-order chi connectivity index (χ0) is 14.8. The van der Waals surface area contributed by atoms with E-state index in [0.29, 0.717) is 6.54 Å². The fourth-order valence-corrected chi connectivity index (χ4v) is 2.33. The Balaban J connectivity index is 2.05. The number of carbonyl (C=O) groups is 1. The first-order valence-corrected chi connectivity index (χ1v) is 6.11. The van der Waals surface area contributed by atoms with E-state index in [2.05, 4.69) is 4.74 Å². The minimum absolute atomic E-state index is 0.0786. The predicted octanol–water partition coefficient (Wildman–Crippen LogP) is 2.03. The molecule has 2 rings (SSSR count). The predicted molar refractivity (Wildman–Crippen MR) is 64.0 cm³/mol. The van der Waals surface area contributed by atoms with Gasteiger partial charge in [0.05, 0.1) is 6.61 Å². The average molecular weight is 289 g/mol. The van der Waals surface area contributed by atoms with Gasteiger partial charge in [0, 0.05) is 13.1 Å². The van der Waals surface area contributed by atoms with Crippen LogP contribution in [0.15, 0.2) is 24.3 Å². The Morgan fingerprint density at radius 1 is 1.35 bits per heavy atom. The molecule has 0 saturated carbocycles. The highest BCUT2D eigenvalue weighted by atomic mass is 19.4. The maximum absolute atomic E-state index is 11.9. The van der Waals surface area contributed by atoms with Crippen molar-refractivity contribution >= 4 is 5.97 Å². The monoisotopic (exact) mass is 289 g/mol. The molecule has 0 fully saturated rings. The third kappa shape index (κ3) is 3.71. The molecule has 20 heavy (non-hydrogen) atoms. The molecule has 0 bridgehead atoms. The van der Waals surface area contributed by atoms with Crippen molar-refractivity contribution < 1.29 is 27.8 Å². The van der Waals surface area contributed by atoms with Gasteiger partial charge in [-0.3, -0.25) is 14.4 Å². The molecule has 1 N–H and O–H groups in total. The number of carboxylic acids is 1. The molecule has 0 saturated heterocycles. The lowest BCUT2D eigenvalue weighted by Crippen LogP contribution is -2.47.